The number of aromatic nitrogens is 4. The predicted molar refractivity (Wildman–Crippen MR) is 133 cm³/mol. The summed E-state index contributed by atoms with van der Waals surface area (Å²) in [6, 6.07) is 0. The van der Waals surface area contributed by atoms with Crippen molar-refractivity contribution in [3.63, 3.8) is 0 Å². The van der Waals surface area contributed by atoms with Crippen LogP contribution in [0.2, 0.25) is 0 Å². The first kappa shape index (κ1) is 26.8. The zero-order chi connectivity index (χ0) is 24.2. The number of fused-ring (bicyclic) bond motifs is 1. The lowest BCUT2D eigenvalue weighted by Crippen LogP contribution is -2.39. The Morgan fingerprint density at radius 3 is 2.18 bits per heavy atom. The minimum atomic E-state index is -0.429. The highest BCUT2D eigenvalue weighted by molar-refractivity contribution is 5.81. The van der Waals surface area contributed by atoms with E-state index in [0.29, 0.717) is 36.8 Å². The fourth-order valence-corrected chi connectivity index (χ4v) is 4.30. The zero-order valence-corrected chi connectivity index (χ0v) is 21.2. The number of unbranched alkanes of at least 4 members (excludes halogenated alkanes) is 6. The summed E-state index contributed by atoms with van der Waals surface area (Å²) in [7, 11) is 0. The highest BCUT2D eigenvalue weighted by Gasteiger charge is 2.47. The summed E-state index contributed by atoms with van der Waals surface area (Å²) in [5.41, 5.74) is 7.23. The van der Waals surface area contributed by atoms with Gasteiger partial charge in [0.1, 0.15) is 30.2 Å². The van der Waals surface area contributed by atoms with Crippen molar-refractivity contribution in [3.8, 4) is 0 Å². The molecule has 0 saturated carbocycles. The van der Waals surface area contributed by atoms with E-state index in [1.165, 1.54) is 12.7 Å². The van der Waals surface area contributed by atoms with Gasteiger partial charge < -0.3 is 24.7 Å². The molecule has 1 fully saturated rings. The highest BCUT2D eigenvalue weighted by Crippen LogP contribution is 2.36. The number of nitrogens with two attached hydrogens (primary N) is 1. The van der Waals surface area contributed by atoms with Gasteiger partial charge in [0.15, 0.2) is 17.7 Å². The van der Waals surface area contributed by atoms with Gasteiger partial charge in [-0.05, 0) is 19.3 Å². The van der Waals surface area contributed by atoms with Crippen molar-refractivity contribution in [3.05, 3.63) is 12.7 Å². The fraction of sp³-hybridized carbons (Fsp3) is 0.800. The van der Waals surface area contributed by atoms with Crippen molar-refractivity contribution in [2.24, 2.45) is 0 Å². The van der Waals surface area contributed by atoms with E-state index < -0.39 is 6.23 Å². The minimum Gasteiger partial charge on any atom is -0.382 e. The van der Waals surface area contributed by atoms with E-state index in [1.807, 2.05) is 4.57 Å². The molecule has 0 amide bonds. The molecular formula is C25H43N5O4. The Balaban J connectivity index is 1.80. The van der Waals surface area contributed by atoms with Crippen LogP contribution in [0, 0.1) is 0 Å². The molecule has 4 atom stereocenters. The van der Waals surface area contributed by atoms with Crippen LogP contribution >= 0.6 is 0 Å². The molecule has 0 aliphatic carbocycles. The van der Waals surface area contributed by atoms with E-state index in [2.05, 4.69) is 35.7 Å². The molecule has 2 N–H and O–H groups in total. The summed E-state index contributed by atoms with van der Waals surface area (Å²) in [5, 5.41) is 0. The van der Waals surface area contributed by atoms with Gasteiger partial charge in [0, 0.05) is 19.8 Å². The van der Waals surface area contributed by atoms with E-state index in [1.54, 1.807) is 6.33 Å². The number of rotatable bonds is 17. The fourth-order valence-electron chi connectivity index (χ4n) is 4.30. The highest BCUT2D eigenvalue weighted by atomic mass is 16.6. The molecule has 3 rings (SSSR count). The van der Waals surface area contributed by atoms with Gasteiger partial charge in [0.25, 0.3) is 0 Å². The standard InChI is InChI=1S/C25H43N5O4/c1-4-7-10-13-31-16-19-21(32-14-11-8-5-2)22(33-15-12-9-6-3)25(34-19)30-18-29-20-23(26)27-17-28-24(20)30/h17-19,21-22,25H,4-16H2,1-3H3,(H2,26,27,28)/t19-,21-,22+,25-/m1/s1. The summed E-state index contributed by atoms with van der Waals surface area (Å²) >= 11 is 0. The Bertz CT molecular complexity index is 833. The Morgan fingerprint density at radius 2 is 1.50 bits per heavy atom. The van der Waals surface area contributed by atoms with Gasteiger partial charge >= 0.3 is 0 Å². The number of ether oxygens (including phenoxy) is 4. The average Bonchev–Trinajstić information content (AvgIpc) is 3.42. The largest absolute Gasteiger partial charge is 0.382 e. The van der Waals surface area contributed by atoms with Crippen LogP contribution < -0.4 is 5.73 Å². The first-order valence-corrected chi connectivity index (χ1v) is 13.1. The van der Waals surface area contributed by atoms with Gasteiger partial charge in [0.05, 0.1) is 12.9 Å². The molecule has 34 heavy (non-hydrogen) atoms. The van der Waals surface area contributed by atoms with E-state index >= 15 is 0 Å². The normalized spacial score (nSPS) is 22.7. The van der Waals surface area contributed by atoms with Crippen LogP contribution in [0.5, 0.6) is 0 Å². The smallest absolute Gasteiger partial charge is 0.167 e. The van der Waals surface area contributed by atoms with Crippen LogP contribution in [0.1, 0.15) is 84.8 Å². The molecule has 192 valence electrons. The maximum Gasteiger partial charge on any atom is 0.167 e. The van der Waals surface area contributed by atoms with Crippen molar-refractivity contribution in [1.29, 1.82) is 0 Å². The van der Waals surface area contributed by atoms with E-state index in [-0.39, 0.29) is 18.3 Å². The predicted octanol–water partition coefficient (Wildman–Crippen LogP) is 4.66. The molecule has 1 aliphatic heterocycles. The molecule has 0 aromatic carbocycles. The molecule has 2 aromatic heterocycles. The maximum atomic E-state index is 6.55. The van der Waals surface area contributed by atoms with E-state index in [4.69, 9.17) is 24.7 Å². The van der Waals surface area contributed by atoms with Gasteiger partial charge in [-0.25, -0.2) is 15.0 Å². The molecule has 2 aromatic rings. The summed E-state index contributed by atoms with van der Waals surface area (Å²) in [5.74, 6) is 0.352. The summed E-state index contributed by atoms with van der Waals surface area (Å²) in [6.07, 6.45) is 11.9. The first-order chi connectivity index (χ1) is 16.7. The quantitative estimate of drug-likeness (QED) is 0.328. The van der Waals surface area contributed by atoms with Gasteiger partial charge in [0.2, 0.25) is 0 Å². The molecular weight excluding hydrogens is 434 g/mol. The Labute approximate surface area is 203 Å². The number of hydrogen-bond donors (Lipinski definition) is 1. The molecule has 0 spiro atoms. The molecule has 9 heteroatoms. The molecule has 0 unspecified atom stereocenters. The van der Waals surface area contributed by atoms with Crippen LogP contribution in [0.4, 0.5) is 5.82 Å². The van der Waals surface area contributed by atoms with Crippen molar-refractivity contribution < 1.29 is 18.9 Å². The van der Waals surface area contributed by atoms with Crippen molar-refractivity contribution in [2.75, 3.05) is 32.2 Å². The Hall–Kier alpha value is -1.81. The monoisotopic (exact) mass is 477 g/mol. The molecule has 1 saturated heterocycles. The molecule has 9 nitrogen and oxygen atoms in total. The number of nitrogens with zero attached hydrogens (tertiary/aromatic N) is 4. The third-order valence-corrected chi connectivity index (χ3v) is 6.24. The summed E-state index contributed by atoms with van der Waals surface area (Å²) in [4.78, 5) is 12.9. The van der Waals surface area contributed by atoms with Crippen LogP contribution in [0.25, 0.3) is 11.2 Å². The maximum absolute atomic E-state index is 6.55. The van der Waals surface area contributed by atoms with Crippen molar-refractivity contribution >= 4 is 17.0 Å². The second-order valence-corrected chi connectivity index (χ2v) is 9.02. The van der Waals surface area contributed by atoms with E-state index in [0.717, 1.165) is 58.0 Å². The van der Waals surface area contributed by atoms with Crippen molar-refractivity contribution in [1.82, 2.24) is 19.5 Å². The average molecular weight is 478 g/mol. The third kappa shape index (κ3) is 7.10. The Morgan fingerprint density at radius 1 is 0.853 bits per heavy atom. The number of nitrogen functional groups attached to an aromatic ring is 1. The van der Waals surface area contributed by atoms with Crippen molar-refractivity contribution in [2.45, 2.75) is 103 Å². The minimum absolute atomic E-state index is 0.230. The second-order valence-electron chi connectivity index (χ2n) is 9.02. The summed E-state index contributed by atoms with van der Waals surface area (Å²) < 4.78 is 27.3. The molecule has 0 radical (unpaired) electrons. The third-order valence-electron chi connectivity index (χ3n) is 6.24. The zero-order valence-electron chi connectivity index (χ0n) is 21.2. The first-order valence-electron chi connectivity index (χ1n) is 13.1. The van der Waals surface area contributed by atoms with Crippen LogP contribution in [-0.2, 0) is 18.9 Å². The SMILES string of the molecule is CCCCCOC[C@H]1O[C@@H](n2cnc3c(N)ncnc32)[C@@H](OCCCCC)[C@@H]1OCCCCC. The summed E-state index contributed by atoms with van der Waals surface area (Å²) in [6.45, 7) is 9.10. The lowest BCUT2D eigenvalue weighted by molar-refractivity contribution is -0.0807. The number of anilines is 1. The van der Waals surface area contributed by atoms with Gasteiger partial charge in [-0.2, -0.15) is 0 Å². The van der Waals surface area contributed by atoms with Crippen LogP contribution in [-0.4, -0.2) is 64.3 Å². The lowest BCUT2D eigenvalue weighted by Gasteiger charge is -2.25. The van der Waals surface area contributed by atoms with Crippen LogP contribution in [0.3, 0.4) is 0 Å². The number of hydrogen-bond acceptors (Lipinski definition) is 8. The van der Waals surface area contributed by atoms with Gasteiger partial charge in [-0.3, -0.25) is 4.57 Å². The van der Waals surface area contributed by atoms with Gasteiger partial charge in [-0.15, -0.1) is 0 Å². The topological polar surface area (TPSA) is 107 Å². The second kappa shape index (κ2) is 14.6. The van der Waals surface area contributed by atoms with Gasteiger partial charge in [-0.1, -0.05) is 59.3 Å². The molecule has 1 aliphatic rings. The molecule has 0 bridgehead atoms. The molecule has 3 heterocycles. The number of imidazole rings is 1. The van der Waals surface area contributed by atoms with Crippen LogP contribution in [0.15, 0.2) is 12.7 Å². The lowest BCUT2D eigenvalue weighted by atomic mass is 10.1. The Kier molecular flexibility index (Phi) is 11.5. The van der Waals surface area contributed by atoms with E-state index in [9.17, 15) is 0 Å².